The van der Waals surface area contributed by atoms with E-state index in [0.717, 1.165) is 17.0 Å². The van der Waals surface area contributed by atoms with Gasteiger partial charge < -0.3 is 24.0 Å². The molecule has 34 heavy (non-hydrogen) atoms. The van der Waals surface area contributed by atoms with Crippen molar-refractivity contribution in [2.24, 2.45) is 0 Å². The molecule has 0 radical (unpaired) electrons. The highest BCUT2D eigenvalue weighted by atomic mass is 19.1. The summed E-state index contributed by atoms with van der Waals surface area (Å²) < 4.78 is 30.6. The molecule has 1 amide bonds. The summed E-state index contributed by atoms with van der Waals surface area (Å²) in [4.78, 5) is 26.4. The summed E-state index contributed by atoms with van der Waals surface area (Å²) >= 11 is 0. The van der Waals surface area contributed by atoms with Crippen LogP contribution in [-0.4, -0.2) is 60.7 Å². The first-order valence-electron chi connectivity index (χ1n) is 11.2. The van der Waals surface area contributed by atoms with E-state index >= 15 is 0 Å². The van der Waals surface area contributed by atoms with E-state index in [1.165, 1.54) is 18.2 Å². The Kier molecular flexibility index (Phi) is 6.27. The monoisotopic (exact) mass is 464 g/mol. The molecule has 1 fully saturated rings. The molecule has 176 valence electrons. The SMILES string of the molecule is COc1ccc(Oc2nc(N3CCOCC3)nc3c2CN(C(=O)c2cccc(F)c2)CC3)cc1. The van der Waals surface area contributed by atoms with Crippen LogP contribution >= 0.6 is 0 Å². The lowest BCUT2D eigenvalue weighted by Crippen LogP contribution is -2.39. The number of anilines is 1. The second-order valence-electron chi connectivity index (χ2n) is 8.12. The molecule has 1 saturated heterocycles. The number of aromatic nitrogens is 2. The van der Waals surface area contributed by atoms with Gasteiger partial charge >= 0.3 is 0 Å². The highest BCUT2D eigenvalue weighted by Crippen LogP contribution is 2.32. The van der Waals surface area contributed by atoms with Gasteiger partial charge in [-0.3, -0.25) is 4.79 Å². The van der Waals surface area contributed by atoms with Gasteiger partial charge in [-0.05, 0) is 42.5 Å². The van der Waals surface area contributed by atoms with Gasteiger partial charge in [0.05, 0.1) is 38.1 Å². The van der Waals surface area contributed by atoms with E-state index in [1.807, 2.05) is 12.1 Å². The molecule has 0 aliphatic carbocycles. The van der Waals surface area contributed by atoms with E-state index in [-0.39, 0.29) is 12.5 Å². The van der Waals surface area contributed by atoms with Crippen molar-refractivity contribution < 1.29 is 23.4 Å². The highest BCUT2D eigenvalue weighted by Gasteiger charge is 2.29. The predicted octanol–water partition coefficient (Wildman–Crippen LogP) is 3.45. The number of carbonyl (C=O) groups is 1. The maximum absolute atomic E-state index is 13.7. The molecule has 2 aromatic carbocycles. The van der Waals surface area contributed by atoms with Gasteiger partial charge in [0.15, 0.2) is 0 Å². The minimum Gasteiger partial charge on any atom is -0.497 e. The molecule has 8 nitrogen and oxygen atoms in total. The average Bonchev–Trinajstić information content (AvgIpc) is 2.89. The number of nitrogens with zero attached hydrogens (tertiary/aromatic N) is 4. The normalized spacial score (nSPS) is 15.6. The number of ether oxygens (including phenoxy) is 3. The standard InChI is InChI=1S/C25H25FN4O4/c1-32-19-5-7-20(8-6-19)34-23-21-16-30(24(31)17-3-2-4-18(26)15-17)10-9-22(21)27-25(28-23)29-11-13-33-14-12-29/h2-8,15H,9-14,16H2,1H3. The third kappa shape index (κ3) is 4.65. The van der Waals surface area contributed by atoms with Crippen LogP contribution in [0, 0.1) is 5.82 Å². The van der Waals surface area contributed by atoms with E-state index < -0.39 is 5.82 Å². The molecule has 0 N–H and O–H groups in total. The lowest BCUT2D eigenvalue weighted by molar-refractivity contribution is 0.0731. The summed E-state index contributed by atoms with van der Waals surface area (Å²) in [7, 11) is 1.61. The van der Waals surface area contributed by atoms with Crippen LogP contribution in [0.1, 0.15) is 21.6 Å². The van der Waals surface area contributed by atoms with Crippen molar-refractivity contribution in [3.8, 4) is 17.4 Å². The minimum atomic E-state index is -0.440. The Bertz CT molecular complexity index is 1180. The van der Waals surface area contributed by atoms with Gasteiger partial charge in [-0.15, -0.1) is 0 Å². The molecular formula is C25H25FN4O4. The quantitative estimate of drug-likeness (QED) is 0.572. The first kappa shape index (κ1) is 22.1. The Morgan fingerprint density at radius 1 is 1.03 bits per heavy atom. The van der Waals surface area contributed by atoms with Crippen molar-refractivity contribution in [1.29, 1.82) is 0 Å². The number of amides is 1. The fourth-order valence-electron chi connectivity index (χ4n) is 4.09. The first-order valence-corrected chi connectivity index (χ1v) is 11.2. The van der Waals surface area contributed by atoms with Gasteiger partial charge in [0, 0.05) is 31.6 Å². The van der Waals surface area contributed by atoms with Gasteiger partial charge in [-0.25, -0.2) is 9.37 Å². The zero-order chi connectivity index (χ0) is 23.5. The molecule has 5 rings (SSSR count). The molecule has 0 atom stereocenters. The summed E-state index contributed by atoms with van der Waals surface area (Å²) in [5, 5.41) is 0. The van der Waals surface area contributed by atoms with E-state index in [0.29, 0.717) is 62.4 Å². The van der Waals surface area contributed by atoms with Crippen molar-refractivity contribution >= 4 is 11.9 Å². The van der Waals surface area contributed by atoms with Crippen LogP contribution in [0.3, 0.4) is 0 Å². The number of hydrogen-bond donors (Lipinski definition) is 0. The van der Waals surface area contributed by atoms with Crippen LogP contribution in [0.4, 0.5) is 10.3 Å². The smallest absolute Gasteiger partial charge is 0.254 e. The third-order valence-corrected chi connectivity index (χ3v) is 5.94. The van der Waals surface area contributed by atoms with Gasteiger partial charge in [-0.1, -0.05) is 6.07 Å². The number of benzene rings is 2. The average molecular weight is 464 g/mol. The summed E-state index contributed by atoms with van der Waals surface area (Å²) in [6, 6.07) is 13.0. The number of morpholine rings is 1. The summed E-state index contributed by atoms with van der Waals surface area (Å²) in [5.41, 5.74) is 1.92. The van der Waals surface area contributed by atoms with E-state index in [9.17, 15) is 9.18 Å². The highest BCUT2D eigenvalue weighted by molar-refractivity contribution is 5.94. The van der Waals surface area contributed by atoms with Crippen LogP contribution in [0.2, 0.25) is 0 Å². The zero-order valence-corrected chi connectivity index (χ0v) is 18.9. The number of halogens is 1. The molecule has 3 heterocycles. The molecule has 1 aromatic heterocycles. The second kappa shape index (κ2) is 9.64. The third-order valence-electron chi connectivity index (χ3n) is 5.94. The maximum Gasteiger partial charge on any atom is 0.254 e. The molecule has 0 bridgehead atoms. The zero-order valence-electron chi connectivity index (χ0n) is 18.9. The number of fused-ring (bicyclic) bond motifs is 1. The fourth-order valence-corrected chi connectivity index (χ4v) is 4.09. The van der Waals surface area contributed by atoms with Crippen molar-refractivity contribution in [2.45, 2.75) is 13.0 Å². The topological polar surface area (TPSA) is 77.0 Å². The largest absolute Gasteiger partial charge is 0.497 e. The Morgan fingerprint density at radius 2 is 1.79 bits per heavy atom. The molecular weight excluding hydrogens is 439 g/mol. The number of rotatable bonds is 5. The lowest BCUT2D eigenvalue weighted by atomic mass is 10.0. The van der Waals surface area contributed by atoms with Gasteiger partial charge in [-0.2, -0.15) is 4.98 Å². The molecule has 2 aliphatic rings. The maximum atomic E-state index is 13.7. The summed E-state index contributed by atoms with van der Waals surface area (Å²) in [5.74, 6) is 1.65. The first-order chi connectivity index (χ1) is 16.6. The molecule has 0 unspecified atom stereocenters. The van der Waals surface area contributed by atoms with Gasteiger partial charge in [0.1, 0.15) is 17.3 Å². The van der Waals surface area contributed by atoms with Crippen LogP contribution < -0.4 is 14.4 Å². The van der Waals surface area contributed by atoms with Gasteiger partial charge in [0.2, 0.25) is 11.8 Å². The van der Waals surface area contributed by atoms with Crippen LogP contribution in [0.5, 0.6) is 17.4 Å². The predicted molar refractivity (Wildman–Crippen MR) is 123 cm³/mol. The van der Waals surface area contributed by atoms with Gasteiger partial charge in [0.25, 0.3) is 5.91 Å². The van der Waals surface area contributed by atoms with Crippen molar-refractivity contribution in [3.63, 3.8) is 0 Å². The van der Waals surface area contributed by atoms with Crippen molar-refractivity contribution in [2.75, 3.05) is 44.9 Å². The Labute approximate surface area is 196 Å². The Hall–Kier alpha value is -3.72. The van der Waals surface area contributed by atoms with E-state index in [1.54, 1.807) is 30.2 Å². The van der Waals surface area contributed by atoms with Crippen LogP contribution in [0.15, 0.2) is 48.5 Å². The van der Waals surface area contributed by atoms with Crippen LogP contribution in [-0.2, 0) is 17.7 Å². The molecule has 0 saturated carbocycles. The van der Waals surface area contributed by atoms with E-state index in [2.05, 4.69) is 4.90 Å². The number of methoxy groups -OCH3 is 1. The second-order valence-corrected chi connectivity index (χ2v) is 8.12. The minimum absolute atomic E-state index is 0.238. The van der Waals surface area contributed by atoms with Crippen LogP contribution in [0.25, 0.3) is 0 Å². The van der Waals surface area contributed by atoms with Crippen molar-refractivity contribution in [1.82, 2.24) is 14.9 Å². The summed E-state index contributed by atoms with van der Waals surface area (Å²) in [6.07, 6.45) is 0.551. The lowest BCUT2D eigenvalue weighted by Gasteiger charge is -2.32. The van der Waals surface area contributed by atoms with E-state index in [4.69, 9.17) is 24.2 Å². The molecule has 3 aromatic rings. The molecule has 0 spiro atoms. The number of carbonyl (C=O) groups excluding carboxylic acids is 1. The Morgan fingerprint density at radius 3 is 2.53 bits per heavy atom. The number of hydrogen-bond acceptors (Lipinski definition) is 7. The fraction of sp³-hybridized carbons (Fsp3) is 0.320. The molecule has 2 aliphatic heterocycles. The van der Waals surface area contributed by atoms with Crippen molar-refractivity contribution in [3.05, 3.63) is 71.2 Å². The molecule has 9 heteroatoms. The summed E-state index contributed by atoms with van der Waals surface area (Å²) in [6.45, 7) is 3.38. The Balaban J connectivity index is 1.47.